The first-order valence-corrected chi connectivity index (χ1v) is 6.30. The van der Waals surface area contributed by atoms with Gasteiger partial charge in [-0.05, 0) is 12.8 Å². The molecule has 2 heterocycles. The standard InChI is InChI=1S/C11H18N2OS/c1-8(2)10-9(3)12-11(15-10)13-4-6-14-7-5-13/h8H,4-7H2,1-3H3. The highest BCUT2D eigenvalue weighted by molar-refractivity contribution is 7.15. The summed E-state index contributed by atoms with van der Waals surface area (Å²) in [6, 6.07) is 0. The van der Waals surface area contributed by atoms with Crippen LogP contribution in [-0.2, 0) is 4.74 Å². The molecule has 0 saturated carbocycles. The Morgan fingerprint density at radius 2 is 2.00 bits per heavy atom. The molecule has 1 fully saturated rings. The minimum Gasteiger partial charge on any atom is -0.378 e. The number of ether oxygens (including phenoxy) is 1. The first-order valence-electron chi connectivity index (χ1n) is 5.48. The van der Waals surface area contributed by atoms with E-state index < -0.39 is 0 Å². The van der Waals surface area contributed by atoms with Gasteiger partial charge in [0.05, 0.1) is 18.9 Å². The van der Waals surface area contributed by atoms with Crippen LogP contribution >= 0.6 is 11.3 Å². The van der Waals surface area contributed by atoms with Gasteiger partial charge in [-0.1, -0.05) is 13.8 Å². The predicted octanol–water partition coefficient (Wildman–Crippen LogP) is 2.41. The van der Waals surface area contributed by atoms with Crippen LogP contribution in [-0.4, -0.2) is 31.3 Å². The van der Waals surface area contributed by atoms with Gasteiger partial charge in [0.15, 0.2) is 5.13 Å². The summed E-state index contributed by atoms with van der Waals surface area (Å²) in [4.78, 5) is 8.38. The van der Waals surface area contributed by atoms with E-state index in [4.69, 9.17) is 4.74 Å². The third-order valence-corrected chi connectivity index (χ3v) is 4.15. The van der Waals surface area contributed by atoms with Crippen molar-refractivity contribution in [2.45, 2.75) is 26.7 Å². The molecular weight excluding hydrogens is 208 g/mol. The van der Waals surface area contributed by atoms with Gasteiger partial charge in [-0.2, -0.15) is 0 Å². The smallest absolute Gasteiger partial charge is 0.185 e. The number of nitrogens with zero attached hydrogens (tertiary/aromatic N) is 2. The molecule has 1 aliphatic rings. The Morgan fingerprint density at radius 3 is 2.53 bits per heavy atom. The first kappa shape index (κ1) is 10.9. The number of hydrogen-bond donors (Lipinski definition) is 0. The van der Waals surface area contributed by atoms with Crippen molar-refractivity contribution in [1.82, 2.24) is 4.98 Å². The number of hydrogen-bond acceptors (Lipinski definition) is 4. The second-order valence-electron chi connectivity index (χ2n) is 4.20. The molecule has 0 spiro atoms. The maximum absolute atomic E-state index is 5.34. The van der Waals surface area contributed by atoms with E-state index in [1.165, 1.54) is 15.7 Å². The van der Waals surface area contributed by atoms with Crippen LogP contribution in [0.5, 0.6) is 0 Å². The number of morpholine rings is 1. The molecule has 0 aliphatic carbocycles. The summed E-state index contributed by atoms with van der Waals surface area (Å²) in [6.07, 6.45) is 0. The number of thiazole rings is 1. The molecule has 15 heavy (non-hydrogen) atoms. The Bertz CT molecular complexity index is 329. The molecule has 4 heteroatoms. The van der Waals surface area contributed by atoms with E-state index in [9.17, 15) is 0 Å². The summed E-state index contributed by atoms with van der Waals surface area (Å²) < 4.78 is 5.34. The van der Waals surface area contributed by atoms with Gasteiger partial charge < -0.3 is 9.64 Å². The lowest BCUT2D eigenvalue weighted by Crippen LogP contribution is -2.36. The van der Waals surface area contributed by atoms with Crippen LogP contribution in [0.3, 0.4) is 0 Å². The molecular formula is C11H18N2OS. The number of rotatable bonds is 2. The third-order valence-electron chi connectivity index (χ3n) is 2.63. The molecule has 0 amide bonds. The zero-order valence-electron chi connectivity index (χ0n) is 9.62. The van der Waals surface area contributed by atoms with Crippen LogP contribution in [0.2, 0.25) is 0 Å². The van der Waals surface area contributed by atoms with E-state index in [2.05, 4.69) is 30.7 Å². The van der Waals surface area contributed by atoms with Gasteiger partial charge in [0.1, 0.15) is 0 Å². The van der Waals surface area contributed by atoms with Gasteiger partial charge in [-0.15, -0.1) is 11.3 Å². The van der Waals surface area contributed by atoms with Crippen molar-refractivity contribution in [3.63, 3.8) is 0 Å². The topological polar surface area (TPSA) is 25.4 Å². The Balaban J connectivity index is 2.17. The average Bonchev–Trinajstić information content (AvgIpc) is 2.62. The summed E-state index contributed by atoms with van der Waals surface area (Å²) in [7, 11) is 0. The second-order valence-corrected chi connectivity index (χ2v) is 5.21. The van der Waals surface area contributed by atoms with E-state index in [1.807, 2.05) is 11.3 Å². The Hall–Kier alpha value is -0.610. The maximum atomic E-state index is 5.34. The summed E-state index contributed by atoms with van der Waals surface area (Å²) in [5.41, 5.74) is 1.19. The monoisotopic (exact) mass is 226 g/mol. The summed E-state index contributed by atoms with van der Waals surface area (Å²) in [5, 5.41) is 1.17. The van der Waals surface area contributed by atoms with Crippen molar-refractivity contribution in [2.24, 2.45) is 0 Å². The minimum atomic E-state index is 0.581. The van der Waals surface area contributed by atoms with Gasteiger partial charge >= 0.3 is 0 Å². The predicted molar refractivity (Wildman–Crippen MR) is 64.0 cm³/mol. The van der Waals surface area contributed by atoms with Gasteiger partial charge in [0.25, 0.3) is 0 Å². The van der Waals surface area contributed by atoms with Crippen LogP contribution < -0.4 is 4.90 Å². The molecule has 1 aromatic heterocycles. The van der Waals surface area contributed by atoms with Crippen LogP contribution in [0.4, 0.5) is 5.13 Å². The molecule has 1 aliphatic heterocycles. The van der Waals surface area contributed by atoms with Gasteiger partial charge in [-0.3, -0.25) is 0 Å². The fraction of sp³-hybridized carbons (Fsp3) is 0.727. The van der Waals surface area contributed by atoms with E-state index in [1.54, 1.807) is 0 Å². The van der Waals surface area contributed by atoms with Gasteiger partial charge in [0.2, 0.25) is 0 Å². The van der Waals surface area contributed by atoms with E-state index >= 15 is 0 Å². The molecule has 0 N–H and O–H groups in total. The number of aromatic nitrogens is 1. The molecule has 0 bridgehead atoms. The zero-order chi connectivity index (χ0) is 10.8. The fourth-order valence-corrected chi connectivity index (χ4v) is 2.94. The van der Waals surface area contributed by atoms with E-state index in [0.717, 1.165) is 26.3 Å². The summed E-state index contributed by atoms with van der Waals surface area (Å²) >= 11 is 1.83. The minimum absolute atomic E-state index is 0.581. The highest BCUT2D eigenvalue weighted by Crippen LogP contribution is 2.31. The first-order chi connectivity index (χ1) is 7.18. The molecule has 1 saturated heterocycles. The van der Waals surface area contributed by atoms with Gasteiger partial charge in [-0.25, -0.2) is 4.98 Å². The van der Waals surface area contributed by atoms with Crippen LogP contribution in [0.1, 0.15) is 30.3 Å². The quantitative estimate of drug-likeness (QED) is 0.774. The highest BCUT2D eigenvalue weighted by Gasteiger charge is 2.17. The van der Waals surface area contributed by atoms with Gasteiger partial charge in [0, 0.05) is 18.0 Å². The normalized spacial score (nSPS) is 17.5. The Labute approximate surface area is 95.1 Å². The third kappa shape index (κ3) is 2.32. The van der Waals surface area contributed by atoms with E-state index in [-0.39, 0.29) is 0 Å². The molecule has 0 atom stereocenters. The van der Waals surface area contributed by atoms with E-state index in [0.29, 0.717) is 5.92 Å². The Kier molecular flexibility index (Phi) is 3.26. The van der Waals surface area contributed by atoms with Crippen LogP contribution in [0.15, 0.2) is 0 Å². The largest absolute Gasteiger partial charge is 0.378 e. The molecule has 1 aromatic rings. The summed E-state index contributed by atoms with van der Waals surface area (Å²) in [5.74, 6) is 0.581. The van der Waals surface area contributed by atoms with Crippen molar-refractivity contribution in [3.05, 3.63) is 10.6 Å². The van der Waals surface area contributed by atoms with Crippen molar-refractivity contribution in [1.29, 1.82) is 0 Å². The molecule has 3 nitrogen and oxygen atoms in total. The van der Waals surface area contributed by atoms with Crippen molar-refractivity contribution >= 4 is 16.5 Å². The molecule has 84 valence electrons. The van der Waals surface area contributed by atoms with Crippen molar-refractivity contribution in [2.75, 3.05) is 31.2 Å². The fourth-order valence-electron chi connectivity index (χ4n) is 1.82. The molecule has 0 aromatic carbocycles. The lowest BCUT2D eigenvalue weighted by atomic mass is 10.1. The molecule has 2 rings (SSSR count). The molecule has 0 radical (unpaired) electrons. The van der Waals surface area contributed by atoms with Crippen LogP contribution in [0, 0.1) is 6.92 Å². The second kappa shape index (κ2) is 4.49. The number of aryl methyl sites for hydroxylation is 1. The lowest BCUT2D eigenvalue weighted by Gasteiger charge is -2.26. The lowest BCUT2D eigenvalue weighted by molar-refractivity contribution is 0.122. The highest BCUT2D eigenvalue weighted by atomic mass is 32.1. The van der Waals surface area contributed by atoms with Crippen LogP contribution in [0.25, 0.3) is 0 Å². The summed E-state index contributed by atoms with van der Waals surface area (Å²) in [6.45, 7) is 10.2. The average molecular weight is 226 g/mol. The number of anilines is 1. The Morgan fingerprint density at radius 1 is 1.33 bits per heavy atom. The zero-order valence-corrected chi connectivity index (χ0v) is 10.4. The molecule has 0 unspecified atom stereocenters. The van der Waals surface area contributed by atoms with Crippen molar-refractivity contribution < 1.29 is 4.74 Å². The maximum Gasteiger partial charge on any atom is 0.185 e. The SMILES string of the molecule is Cc1nc(N2CCOCC2)sc1C(C)C. The van der Waals surface area contributed by atoms with Crippen molar-refractivity contribution in [3.8, 4) is 0 Å².